The minimum Gasteiger partial charge on any atom is -0.355 e. The van der Waals surface area contributed by atoms with Gasteiger partial charge in [0, 0.05) is 28.1 Å². The number of rotatable bonds is 6. The molecule has 108 valence electrons. The summed E-state index contributed by atoms with van der Waals surface area (Å²) in [5.74, 6) is 0.869. The molecule has 0 fully saturated rings. The molecule has 0 atom stereocenters. The Morgan fingerprint density at radius 1 is 1.32 bits per heavy atom. The molecule has 0 radical (unpaired) electrons. The van der Waals surface area contributed by atoms with E-state index in [2.05, 4.69) is 54.8 Å². The molecule has 0 aliphatic heterocycles. The van der Waals surface area contributed by atoms with E-state index in [1.54, 1.807) is 0 Å². The zero-order chi connectivity index (χ0) is 14.3. The fraction of sp³-hybridized carbons (Fsp3) is 0.643. The second kappa shape index (κ2) is 7.80. The number of guanidine groups is 1. The van der Waals surface area contributed by atoms with Crippen molar-refractivity contribution in [2.75, 3.05) is 19.8 Å². The van der Waals surface area contributed by atoms with Crippen LogP contribution in [0.1, 0.15) is 30.5 Å². The van der Waals surface area contributed by atoms with Crippen LogP contribution in [-0.2, 0) is 13.0 Å². The molecule has 3 nitrogen and oxygen atoms in total. The third-order valence-electron chi connectivity index (χ3n) is 2.95. The second-order valence-electron chi connectivity index (χ2n) is 4.96. The summed E-state index contributed by atoms with van der Waals surface area (Å²) in [6.45, 7) is 8.38. The monoisotopic (exact) mass is 299 g/mol. The lowest BCUT2D eigenvalue weighted by Gasteiger charge is -2.23. The zero-order valence-corrected chi connectivity index (χ0v) is 14.2. The Labute approximate surface area is 125 Å². The Kier molecular flexibility index (Phi) is 6.72. The van der Waals surface area contributed by atoms with Crippen molar-refractivity contribution in [1.82, 2.24) is 10.6 Å². The van der Waals surface area contributed by atoms with E-state index in [0.717, 1.165) is 25.5 Å². The van der Waals surface area contributed by atoms with E-state index in [0.29, 0.717) is 0 Å². The van der Waals surface area contributed by atoms with Crippen molar-refractivity contribution in [3.63, 3.8) is 0 Å². The number of thiophene rings is 1. The van der Waals surface area contributed by atoms with E-state index in [-0.39, 0.29) is 4.75 Å². The van der Waals surface area contributed by atoms with Crippen LogP contribution in [0.25, 0.3) is 0 Å². The van der Waals surface area contributed by atoms with E-state index in [9.17, 15) is 0 Å². The Morgan fingerprint density at radius 2 is 2.00 bits per heavy atom. The van der Waals surface area contributed by atoms with Crippen molar-refractivity contribution in [2.24, 2.45) is 4.99 Å². The van der Waals surface area contributed by atoms with Crippen molar-refractivity contribution < 1.29 is 0 Å². The van der Waals surface area contributed by atoms with Crippen molar-refractivity contribution >= 4 is 29.1 Å². The number of nitrogens with zero attached hydrogens (tertiary/aromatic N) is 1. The Balaban J connectivity index is 2.41. The van der Waals surface area contributed by atoms with Gasteiger partial charge in [-0.3, -0.25) is 4.99 Å². The molecule has 1 aromatic rings. The SMILES string of the molecule is CCc1ccc(CNC(=NC)NCC(C)(C)SC)s1. The highest BCUT2D eigenvalue weighted by Crippen LogP contribution is 2.19. The standard InChI is InChI=1S/C14H25N3S2/c1-6-11-7-8-12(19-11)9-16-13(15-4)17-10-14(2,3)18-5/h7-8H,6,9-10H2,1-5H3,(H2,15,16,17). The van der Waals surface area contributed by atoms with Gasteiger partial charge in [0.15, 0.2) is 5.96 Å². The van der Waals surface area contributed by atoms with Crippen LogP contribution < -0.4 is 10.6 Å². The summed E-state index contributed by atoms with van der Waals surface area (Å²) in [5.41, 5.74) is 0. The highest BCUT2D eigenvalue weighted by atomic mass is 32.2. The number of aryl methyl sites for hydroxylation is 1. The predicted molar refractivity (Wildman–Crippen MR) is 89.5 cm³/mol. The molecule has 0 aliphatic rings. The predicted octanol–water partition coefficient (Wildman–Crippen LogP) is 3.12. The van der Waals surface area contributed by atoms with Crippen LogP contribution in [-0.4, -0.2) is 30.6 Å². The molecule has 0 aromatic carbocycles. The quantitative estimate of drug-likeness (QED) is 0.626. The summed E-state index contributed by atoms with van der Waals surface area (Å²) >= 11 is 3.72. The molecule has 0 saturated heterocycles. The van der Waals surface area contributed by atoms with Gasteiger partial charge < -0.3 is 10.6 Å². The average molecular weight is 300 g/mol. The summed E-state index contributed by atoms with van der Waals surface area (Å²) in [6.07, 6.45) is 3.25. The van der Waals surface area contributed by atoms with Crippen molar-refractivity contribution in [1.29, 1.82) is 0 Å². The Hall–Kier alpha value is -0.680. The second-order valence-corrected chi connectivity index (χ2v) is 7.73. The lowest BCUT2D eigenvalue weighted by molar-refractivity contribution is 0.665. The maximum atomic E-state index is 4.26. The molecule has 1 aromatic heterocycles. The molecule has 19 heavy (non-hydrogen) atoms. The van der Waals surface area contributed by atoms with Gasteiger partial charge >= 0.3 is 0 Å². The summed E-state index contributed by atoms with van der Waals surface area (Å²) in [7, 11) is 1.81. The summed E-state index contributed by atoms with van der Waals surface area (Å²) in [6, 6.07) is 4.39. The molecule has 1 rings (SSSR count). The lowest BCUT2D eigenvalue weighted by Crippen LogP contribution is -2.42. The molecular weight excluding hydrogens is 274 g/mol. The minimum atomic E-state index is 0.218. The van der Waals surface area contributed by atoms with Gasteiger partial charge in [-0.15, -0.1) is 11.3 Å². The smallest absolute Gasteiger partial charge is 0.191 e. The number of hydrogen-bond donors (Lipinski definition) is 2. The minimum absolute atomic E-state index is 0.218. The highest BCUT2D eigenvalue weighted by molar-refractivity contribution is 7.99. The number of aliphatic imine (C=N–C) groups is 1. The highest BCUT2D eigenvalue weighted by Gasteiger charge is 2.16. The molecule has 2 N–H and O–H groups in total. The van der Waals surface area contributed by atoms with Gasteiger partial charge in [0.25, 0.3) is 0 Å². The normalized spacial score (nSPS) is 12.6. The van der Waals surface area contributed by atoms with E-state index in [1.807, 2.05) is 30.1 Å². The van der Waals surface area contributed by atoms with Crippen molar-refractivity contribution in [3.8, 4) is 0 Å². The van der Waals surface area contributed by atoms with Gasteiger partial charge in [0.05, 0.1) is 6.54 Å². The van der Waals surface area contributed by atoms with Gasteiger partial charge in [0.2, 0.25) is 0 Å². The number of hydrogen-bond acceptors (Lipinski definition) is 3. The first-order valence-corrected chi connectivity index (χ1v) is 8.62. The molecular formula is C14H25N3S2. The Bertz CT molecular complexity index is 411. The molecule has 0 unspecified atom stereocenters. The Morgan fingerprint density at radius 3 is 2.53 bits per heavy atom. The average Bonchev–Trinajstić information content (AvgIpc) is 2.87. The topological polar surface area (TPSA) is 36.4 Å². The van der Waals surface area contributed by atoms with Crippen LogP contribution in [0.5, 0.6) is 0 Å². The molecule has 1 heterocycles. The first-order valence-electron chi connectivity index (χ1n) is 6.58. The van der Waals surface area contributed by atoms with E-state index < -0.39 is 0 Å². The molecule has 0 aliphatic carbocycles. The molecule has 0 bridgehead atoms. The van der Waals surface area contributed by atoms with Gasteiger partial charge in [-0.05, 0) is 38.7 Å². The van der Waals surface area contributed by atoms with E-state index >= 15 is 0 Å². The molecule has 0 amide bonds. The first-order chi connectivity index (χ1) is 9.00. The van der Waals surface area contributed by atoms with Crippen LogP contribution in [0, 0.1) is 0 Å². The van der Waals surface area contributed by atoms with Crippen LogP contribution >= 0.6 is 23.1 Å². The molecule has 0 saturated carbocycles. The van der Waals surface area contributed by atoms with Gasteiger partial charge in [-0.1, -0.05) is 6.92 Å². The van der Waals surface area contributed by atoms with Crippen LogP contribution in [0.4, 0.5) is 0 Å². The number of nitrogens with one attached hydrogen (secondary N) is 2. The van der Waals surface area contributed by atoms with Gasteiger partial charge in [-0.25, -0.2) is 0 Å². The maximum absolute atomic E-state index is 4.26. The third kappa shape index (κ3) is 5.87. The van der Waals surface area contributed by atoms with Gasteiger partial charge in [0.1, 0.15) is 0 Å². The lowest BCUT2D eigenvalue weighted by atomic mass is 10.2. The van der Waals surface area contributed by atoms with Gasteiger partial charge in [-0.2, -0.15) is 11.8 Å². The van der Waals surface area contributed by atoms with Crippen LogP contribution in [0.2, 0.25) is 0 Å². The third-order valence-corrected chi connectivity index (χ3v) is 5.43. The van der Waals surface area contributed by atoms with Crippen LogP contribution in [0.15, 0.2) is 17.1 Å². The largest absolute Gasteiger partial charge is 0.355 e. The van der Waals surface area contributed by atoms with E-state index in [4.69, 9.17) is 0 Å². The van der Waals surface area contributed by atoms with Crippen molar-refractivity contribution in [3.05, 3.63) is 21.9 Å². The summed E-state index contributed by atoms with van der Waals surface area (Å²) in [4.78, 5) is 7.04. The number of thioether (sulfide) groups is 1. The molecule has 0 spiro atoms. The zero-order valence-electron chi connectivity index (χ0n) is 12.5. The summed E-state index contributed by atoms with van der Waals surface area (Å²) < 4.78 is 0.218. The first kappa shape index (κ1) is 16.4. The fourth-order valence-electron chi connectivity index (χ4n) is 1.47. The molecule has 5 heteroatoms. The van der Waals surface area contributed by atoms with Crippen LogP contribution in [0.3, 0.4) is 0 Å². The van der Waals surface area contributed by atoms with Crippen molar-refractivity contribution in [2.45, 2.75) is 38.5 Å². The summed E-state index contributed by atoms with van der Waals surface area (Å²) in [5, 5.41) is 6.73. The maximum Gasteiger partial charge on any atom is 0.191 e. The van der Waals surface area contributed by atoms with E-state index in [1.165, 1.54) is 9.75 Å². The fourth-order valence-corrected chi connectivity index (χ4v) is 2.58.